The topological polar surface area (TPSA) is 111 Å². The van der Waals surface area contributed by atoms with E-state index >= 15 is 0 Å². The van der Waals surface area contributed by atoms with Crippen molar-refractivity contribution in [3.63, 3.8) is 0 Å². The largest absolute Gasteiger partial charge is 0.326 e. The summed E-state index contributed by atoms with van der Waals surface area (Å²) in [5.41, 5.74) is 2.21. The molecule has 9 nitrogen and oxygen atoms in total. The predicted molar refractivity (Wildman–Crippen MR) is 122 cm³/mol. The zero-order valence-corrected chi connectivity index (χ0v) is 18.1. The van der Waals surface area contributed by atoms with Crippen molar-refractivity contribution in [2.45, 2.75) is 20.4 Å². The fraction of sp³-hybridized carbons (Fsp3) is 0.136. The van der Waals surface area contributed by atoms with Gasteiger partial charge in [-0.15, -0.1) is 0 Å². The van der Waals surface area contributed by atoms with Crippen molar-refractivity contribution < 1.29 is 9.59 Å². The number of carbonyl (C=O) groups is 2. The highest BCUT2D eigenvalue weighted by Crippen LogP contribution is 2.20. The molecule has 0 fully saturated rings. The van der Waals surface area contributed by atoms with E-state index in [4.69, 9.17) is 11.6 Å². The molecule has 0 unspecified atom stereocenters. The molecule has 0 aliphatic carbocycles. The van der Waals surface area contributed by atoms with Crippen LogP contribution in [-0.2, 0) is 16.1 Å². The molecule has 0 spiro atoms. The number of nitrogens with zero attached hydrogens (tertiary/aromatic N) is 4. The van der Waals surface area contributed by atoms with Crippen LogP contribution in [0.1, 0.15) is 12.6 Å². The number of aromatic nitrogens is 4. The Balaban J connectivity index is 1.61. The van der Waals surface area contributed by atoms with Crippen LogP contribution in [0.25, 0.3) is 16.6 Å². The molecule has 162 valence electrons. The monoisotopic (exact) mass is 450 g/mol. The first-order chi connectivity index (χ1) is 15.3. The summed E-state index contributed by atoms with van der Waals surface area (Å²) in [6.07, 6.45) is 1.57. The molecule has 0 aliphatic heterocycles. The van der Waals surface area contributed by atoms with E-state index in [1.807, 2.05) is 0 Å². The second-order valence-corrected chi connectivity index (χ2v) is 7.59. The number of fused-ring (bicyclic) bond motifs is 1. The van der Waals surface area contributed by atoms with Crippen LogP contribution >= 0.6 is 11.6 Å². The Bertz CT molecular complexity index is 1390. The summed E-state index contributed by atoms with van der Waals surface area (Å²) in [7, 11) is 0. The highest BCUT2D eigenvalue weighted by Gasteiger charge is 2.17. The van der Waals surface area contributed by atoms with Crippen LogP contribution in [0, 0.1) is 6.92 Å². The first kappa shape index (κ1) is 21.3. The van der Waals surface area contributed by atoms with Crippen LogP contribution in [0.2, 0.25) is 5.02 Å². The Morgan fingerprint density at radius 1 is 1.06 bits per heavy atom. The summed E-state index contributed by atoms with van der Waals surface area (Å²) in [5, 5.41) is 15.1. The summed E-state index contributed by atoms with van der Waals surface area (Å²) >= 11 is 6.09. The summed E-state index contributed by atoms with van der Waals surface area (Å²) in [6, 6.07) is 13.6. The minimum Gasteiger partial charge on any atom is -0.326 e. The molecule has 2 aromatic carbocycles. The lowest BCUT2D eigenvalue weighted by atomic mass is 10.2. The van der Waals surface area contributed by atoms with Crippen LogP contribution in [-0.4, -0.2) is 31.4 Å². The SMILES string of the molecule is CC(=O)Nc1ccc(NC(=O)Cn2nc(C)c3cnn(-c4cccc(Cl)c4)c3c2=O)cc1. The molecule has 2 N–H and O–H groups in total. The van der Waals surface area contributed by atoms with Crippen molar-refractivity contribution in [2.75, 3.05) is 10.6 Å². The quantitative estimate of drug-likeness (QED) is 0.485. The van der Waals surface area contributed by atoms with E-state index in [1.165, 1.54) is 11.6 Å². The zero-order chi connectivity index (χ0) is 22.8. The van der Waals surface area contributed by atoms with Crippen molar-refractivity contribution in [3.8, 4) is 5.69 Å². The molecule has 4 rings (SSSR count). The summed E-state index contributed by atoms with van der Waals surface area (Å²) in [5.74, 6) is -0.602. The number of anilines is 2. The third-order valence-corrected chi connectivity index (χ3v) is 4.94. The van der Waals surface area contributed by atoms with Gasteiger partial charge in [-0.2, -0.15) is 10.2 Å². The molecule has 10 heteroatoms. The van der Waals surface area contributed by atoms with Crippen LogP contribution < -0.4 is 16.2 Å². The molecule has 0 bridgehead atoms. The number of rotatable bonds is 5. The lowest BCUT2D eigenvalue weighted by Crippen LogP contribution is -2.31. The van der Waals surface area contributed by atoms with Crippen LogP contribution in [0.15, 0.2) is 59.5 Å². The van der Waals surface area contributed by atoms with Gasteiger partial charge in [0.15, 0.2) is 0 Å². The Labute approximate surface area is 187 Å². The minimum atomic E-state index is -0.445. The zero-order valence-electron chi connectivity index (χ0n) is 17.3. The third kappa shape index (κ3) is 4.37. The van der Waals surface area contributed by atoms with Crippen molar-refractivity contribution in [1.82, 2.24) is 19.6 Å². The fourth-order valence-corrected chi connectivity index (χ4v) is 3.49. The lowest BCUT2D eigenvalue weighted by molar-refractivity contribution is -0.117. The van der Waals surface area contributed by atoms with Gasteiger partial charge in [-0.1, -0.05) is 17.7 Å². The van der Waals surface area contributed by atoms with Gasteiger partial charge >= 0.3 is 0 Å². The third-order valence-electron chi connectivity index (χ3n) is 4.70. The molecule has 2 aromatic heterocycles. The summed E-state index contributed by atoms with van der Waals surface area (Å²) in [4.78, 5) is 36.8. The highest BCUT2D eigenvalue weighted by atomic mass is 35.5. The van der Waals surface area contributed by atoms with E-state index in [9.17, 15) is 14.4 Å². The van der Waals surface area contributed by atoms with E-state index in [1.54, 1.807) is 61.7 Å². The number of hydrogen-bond acceptors (Lipinski definition) is 5. The van der Waals surface area contributed by atoms with Gasteiger partial charge in [0.25, 0.3) is 5.56 Å². The first-order valence-corrected chi connectivity index (χ1v) is 10.1. The maximum absolute atomic E-state index is 13.1. The van der Waals surface area contributed by atoms with Crippen LogP contribution in [0.5, 0.6) is 0 Å². The van der Waals surface area contributed by atoms with Crippen molar-refractivity contribution >= 4 is 45.7 Å². The number of nitrogens with one attached hydrogen (secondary N) is 2. The van der Waals surface area contributed by atoms with Gasteiger partial charge in [-0.05, 0) is 49.4 Å². The van der Waals surface area contributed by atoms with Gasteiger partial charge < -0.3 is 10.6 Å². The molecule has 0 atom stereocenters. The summed E-state index contributed by atoms with van der Waals surface area (Å²) < 4.78 is 2.61. The lowest BCUT2D eigenvalue weighted by Gasteiger charge is -2.10. The molecule has 0 radical (unpaired) electrons. The van der Waals surface area contributed by atoms with Crippen molar-refractivity contribution in [1.29, 1.82) is 0 Å². The van der Waals surface area contributed by atoms with Crippen LogP contribution in [0.3, 0.4) is 0 Å². The number of halogens is 1. The standard InChI is InChI=1S/C22H19ClN6O3/c1-13-19-11-24-29(18-5-3-4-15(23)10-18)21(19)22(32)28(27-13)12-20(31)26-17-8-6-16(7-9-17)25-14(2)30/h3-11H,12H2,1-2H3,(H,25,30)(H,26,31). The van der Waals surface area contributed by atoms with Gasteiger partial charge in [0.1, 0.15) is 12.1 Å². The fourth-order valence-electron chi connectivity index (χ4n) is 3.31. The Morgan fingerprint density at radius 3 is 2.41 bits per heavy atom. The second-order valence-electron chi connectivity index (χ2n) is 7.15. The number of benzene rings is 2. The Hall–Kier alpha value is -3.98. The van der Waals surface area contributed by atoms with Crippen LogP contribution in [0.4, 0.5) is 11.4 Å². The normalized spacial score (nSPS) is 10.8. The minimum absolute atomic E-state index is 0.185. The Morgan fingerprint density at radius 2 is 1.75 bits per heavy atom. The number of hydrogen-bond donors (Lipinski definition) is 2. The number of carbonyl (C=O) groups excluding carboxylic acids is 2. The van der Waals surface area contributed by atoms with Gasteiger partial charge in [0.05, 0.1) is 17.6 Å². The molecule has 0 saturated carbocycles. The van der Waals surface area contributed by atoms with Gasteiger partial charge in [-0.3, -0.25) is 14.4 Å². The molecule has 4 aromatic rings. The predicted octanol–water partition coefficient (Wildman–Crippen LogP) is 3.14. The number of aryl methyl sites for hydroxylation is 1. The Kier molecular flexibility index (Phi) is 5.74. The van der Waals surface area contributed by atoms with Crippen molar-refractivity contribution in [3.05, 3.63) is 75.8 Å². The van der Waals surface area contributed by atoms with E-state index in [0.717, 1.165) is 4.68 Å². The number of amides is 2. The van der Waals surface area contributed by atoms with Crippen molar-refractivity contribution in [2.24, 2.45) is 0 Å². The van der Waals surface area contributed by atoms with E-state index in [0.29, 0.717) is 38.7 Å². The van der Waals surface area contributed by atoms with Gasteiger partial charge in [-0.25, -0.2) is 9.36 Å². The van der Waals surface area contributed by atoms with Gasteiger partial charge in [0, 0.05) is 28.7 Å². The average molecular weight is 451 g/mol. The summed E-state index contributed by atoms with van der Waals surface area (Å²) in [6.45, 7) is 2.89. The maximum atomic E-state index is 13.1. The molecule has 32 heavy (non-hydrogen) atoms. The second kappa shape index (κ2) is 8.64. The first-order valence-electron chi connectivity index (χ1n) is 9.71. The molecule has 0 aliphatic rings. The van der Waals surface area contributed by atoms with E-state index in [-0.39, 0.29) is 12.5 Å². The average Bonchev–Trinajstić information content (AvgIpc) is 3.19. The molecule has 2 heterocycles. The highest BCUT2D eigenvalue weighted by molar-refractivity contribution is 6.30. The van der Waals surface area contributed by atoms with Gasteiger partial charge in [0.2, 0.25) is 11.8 Å². The molecule has 0 saturated heterocycles. The smallest absolute Gasteiger partial charge is 0.293 e. The van der Waals surface area contributed by atoms with E-state index < -0.39 is 11.5 Å². The molecule has 2 amide bonds. The maximum Gasteiger partial charge on any atom is 0.293 e. The molecular weight excluding hydrogens is 432 g/mol. The molecular formula is C22H19ClN6O3. The van der Waals surface area contributed by atoms with E-state index in [2.05, 4.69) is 20.8 Å².